The summed E-state index contributed by atoms with van der Waals surface area (Å²) in [7, 11) is 0. The van der Waals surface area contributed by atoms with Gasteiger partial charge in [-0.1, -0.05) is 30.3 Å². The second-order valence-electron chi connectivity index (χ2n) is 5.02. The Morgan fingerprint density at radius 1 is 1.08 bits per heavy atom. The van der Waals surface area contributed by atoms with E-state index in [-0.39, 0.29) is 4.88 Å². The van der Waals surface area contributed by atoms with Crippen LogP contribution < -0.4 is 9.84 Å². The van der Waals surface area contributed by atoms with Crippen LogP contribution in [0.5, 0.6) is 5.75 Å². The van der Waals surface area contributed by atoms with Gasteiger partial charge in [0.15, 0.2) is 0 Å². The molecule has 24 heavy (non-hydrogen) atoms. The number of carbonyl (C=O) groups is 1. The van der Waals surface area contributed by atoms with Crippen LogP contribution in [-0.2, 0) is 6.61 Å². The van der Waals surface area contributed by atoms with Crippen molar-refractivity contribution in [1.82, 2.24) is 0 Å². The van der Waals surface area contributed by atoms with Crippen molar-refractivity contribution >= 4 is 29.2 Å². The minimum atomic E-state index is -1.21. The maximum absolute atomic E-state index is 10.9. The summed E-state index contributed by atoms with van der Waals surface area (Å²) < 4.78 is 5.72. The van der Waals surface area contributed by atoms with Gasteiger partial charge >= 0.3 is 0 Å². The first-order chi connectivity index (χ1) is 11.7. The van der Waals surface area contributed by atoms with E-state index in [0.717, 1.165) is 28.2 Å². The highest BCUT2D eigenvalue weighted by molar-refractivity contribution is 7.12. The Bertz CT molecular complexity index is 839. The molecule has 0 saturated heterocycles. The minimum absolute atomic E-state index is 0.133. The first-order valence-corrected chi connectivity index (χ1v) is 8.20. The zero-order chi connectivity index (χ0) is 16.8. The number of thiophene rings is 1. The molecule has 0 N–H and O–H groups in total. The predicted molar refractivity (Wildman–Crippen MR) is 93.1 cm³/mol. The minimum Gasteiger partial charge on any atom is -0.544 e. The van der Waals surface area contributed by atoms with Gasteiger partial charge in [0.1, 0.15) is 12.4 Å². The number of nitrogens with zero attached hydrogens (tertiary/aromatic N) is 1. The number of aliphatic imine (C=N–C) groups is 1. The smallest absolute Gasteiger partial charge is 0.119 e. The van der Waals surface area contributed by atoms with Crippen LogP contribution in [0.15, 0.2) is 71.0 Å². The van der Waals surface area contributed by atoms with Crippen molar-refractivity contribution in [2.24, 2.45) is 4.99 Å². The summed E-state index contributed by atoms with van der Waals surface area (Å²) in [6.45, 7) is 0.512. The van der Waals surface area contributed by atoms with Crippen LogP contribution in [-0.4, -0.2) is 12.2 Å². The summed E-state index contributed by atoms with van der Waals surface area (Å²) >= 11 is 1.10. The molecule has 0 fully saturated rings. The molecule has 0 radical (unpaired) electrons. The summed E-state index contributed by atoms with van der Waals surface area (Å²) in [5.74, 6) is -0.441. The average molecular weight is 336 g/mol. The van der Waals surface area contributed by atoms with E-state index < -0.39 is 5.97 Å². The van der Waals surface area contributed by atoms with Crippen LogP contribution in [0.4, 0.5) is 5.69 Å². The van der Waals surface area contributed by atoms with Crippen molar-refractivity contribution in [1.29, 1.82) is 0 Å². The molecule has 5 heteroatoms. The normalized spacial score (nSPS) is 10.8. The van der Waals surface area contributed by atoms with Crippen molar-refractivity contribution in [3.05, 3.63) is 82.0 Å². The highest BCUT2D eigenvalue weighted by atomic mass is 32.1. The van der Waals surface area contributed by atoms with E-state index in [1.807, 2.05) is 54.6 Å². The van der Waals surface area contributed by atoms with Crippen molar-refractivity contribution in [2.45, 2.75) is 6.61 Å². The van der Waals surface area contributed by atoms with Gasteiger partial charge < -0.3 is 14.6 Å². The van der Waals surface area contributed by atoms with E-state index in [9.17, 15) is 9.90 Å². The standard InChI is InChI=1S/C19H15NO3S/c21-19(22)18-17(10-11-24-18)20-12-14-6-8-16(9-7-14)23-13-15-4-2-1-3-5-15/h1-12H,13H2,(H,21,22)/p-1. The Kier molecular flexibility index (Phi) is 5.03. The third-order valence-electron chi connectivity index (χ3n) is 3.31. The van der Waals surface area contributed by atoms with Gasteiger partial charge in [-0.15, -0.1) is 11.3 Å². The van der Waals surface area contributed by atoms with E-state index >= 15 is 0 Å². The van der Waals surface area contributed by atoms with Crippen molar-refractivity contribution in [2.75, 3.05) is 0 Å². The molecule has 1 aromatic heterocycles. The van der Waals surface area contributed by atoms with Crippen molar-refractivity contribution in [3.8, 4) is 5.75 Å². The number of aromatic carboxylic acids is 1. The largest absolute Gasteiger partial charge is 0.544 e. The number of ether oxygens (including phenoxy) is 1. The lowest BCUT2D eigenvalue weighted by Crippen LogP contribution is -2.20. The number of carboxylic acid groups (broad SMARTS) is 1. The fourth-order valence-electron chi connectivity index (χ4n) is 2.09. The number of benzene rings is 2. The third kappa shape index (κ3) is 4.08. The van der Waals surface area contributed by atoms with Crippen LogP contribution in [0.2, 0.25) is 0 Å². The van der Waals surface area contributed by atoms with Gasteiger partial charge in [0, 0.05) is 6.21 Å². The molecule has 0 aliphatic rings. The predicted octanol–water partition coefficient (Wildman–Crippen LogP) is 3.44. The molecule has 1 heterocycles. The number of hydrogen-bond acceptors (Lipinski definition) is 5. The second-order valence-corrected chi connectivity index (χ2v) is 5.94. The number of hydrogen-bond donors (Lipinski definition) is 0. The van der Waals surface area contributed by atoms with E-state index in [1.54, 1.807) is 17.7 Å². The molecule has 0 bridgehead atoms. The van der Waals surface area contributed by atoms with Crippen LogP contribution >= 0.6 is 11.3 Å². The zero-order valence-corrected chi connectivity index (χ0v) is 13.5. The summed E-state index contributed by atoms with van der Waals surface area (Å²) in [4.78, 5) is 15.3. The van der Waals surface area contributed by atoms with Gasteiger partial charge in [0.2, 0.25) is 0 Å². The Labute approximate surface area is 143 Å². The van der Waals surface area contributed by atoms with Gasteiger partial charge in [0.25, 0.3) is 0 Å². The number of carboxylic acids is 1. The fraction of sp³-hybridized carbons (Fsp3) is 0.0526. The molecular formula is C19H14NO3S-. The van der Waals surface area contributed by atoms with Gasteiger partial charge in [-0.3, -0.25) is 4.99 Å². The Morgan fingerprint density at radius 3 is 2.54 bits per heavy atom. The van der Waals surface area contributed by atoms with Crippen LogP contribution in [0, 0.1) is 0 Å². The highest BCUT2D eigenvalue weighted by Gasteiger charge is 2.03. The van der Waals surface area contributed by atoms with Gasteiger partial charge in [-0.2, -0.15) is 0 Å². The quantitative estimate of drug-likeness (QED) is 0.648. The lowest BCUT2D eigenvalue weighted by atomic mass is 10.2. The molecule has 0 unspecified atom stereocenters. The van der Waals surface area contributed by atoms with Gasteiger partial charge in [-0.25, -0.2) is 0 Å². The lowest BCUT2D eigenvalue weighted by molar-refractivity contribution is -0.254. The second kappa shape index (κ2) is 7.57. The Morgan fingerprint density at radius 2 is 1.83 bits per heavy atom. The SMILES string of the molecule is O=C([O-])c1sccc1N=Cc1ccc(OCc2ccccc2)cc1. The molecule has 2 aromatic carbocycles. The van der Waals surface area contributed by atoms with Gasteiger partial charge in [0.05, 0.1) is 16.5 Å². The maximum atomic E-state index is 10.9. The molecule has 0 spiro atoms. The topological polar surface area (TPSA) is 61.7 Å². The molecule has 0 saturated carbocycles. The summed E-state index contributed by atoms with van der Waals surface area (Å²) in [5, 5.41) is 12.6. The molecule has 0 aliphatic carbocycles. The monoisotopic (exact) mass is 336 g/mol. The van der Waals surface area contributed by atoms with E-state index in [1.165, 1.54) is 0 Å². The van der Waals surface area contributed by atoms with E-state index in [4.69, 9.17) is 4.74 Å². The van der Waals surface area contributed by atoms with E-state index in [0.29, 0.717) is 12.3 Å². The van der Waals surface area contributed by atoms with Gasteiger partial charge in [-0.05, 0) is 46.8 Å². The number of rotatable bonds is 6. The highest BCUT2D eigenvalue weighted by Crippen LogP contribution is 2.24. The van der Waals surface area contributed by atoms with Crippen LogP contribution in [0.1, 0.15) is 20.8 Å². The summed E-state index contributed by atoms with van der Waals surface area (Å²) in [6, 6.07) is 19.1. The molecule has 0 aliphatic heterocycles. The molecule has 0 amide bonds. The molecule has 0 atom stereocenters. The molecule has 120 valence electrons. The Balaban J connectivity index is 1.63. The summed E-state index contributed by atoms with van der Waals surface area (Å²) in [6.07, 6.45) is 1.62. The molecule has 3 aromatic rings. The van der Waals surface area contributed by atoms with Crippen LogP contribution in [0.25, 0.3) is 0 Å². The molecular weight excluding hydrogens is 322 g/mol. The maximum Gasteiger partial charge on any atom is 0.119 e. The first kappa shape index (κ1) is 16.0. The van der Waals surface area contributed by atoms with Crippen LogP contribution in [0.3, 0.4) is 0 Å². The molecule has 4 nitrogen and oxygen atoms in total. The lowest BCUT2D eigenvalue weighted by Gasteiger charge is -2.06. The third-order valence-corrected chi connectivity index (χ3v) is 4.19. The molecule has 3 rings (SSSR count). The van der Waals surface area contributed by atoms with Crippen molar-refractivity contribution < 1.29 is 14.6 Å². The summed E-state index contributed by atoms with van der Waals surface area (Å²) in [5.41, 5.74) is 2.37. The van der Waals surface area contributed by atoms with Crippen molar-refractivity contribution in [3.63, 3.8) is 0 Å². The first-order valence-electron chi connectivity index (χ1n) is 7.32. The zero-order valence-electron chi connectivity index (χ0n) is 12.7. The fourth-order valence-corrected chi connectivity index (χ4v) is 2.76. The average Bonchev–Trinajstić information content (AvgIpc) is 3.09. The van der Waals surface area contributed by atoms with E-state index in [2.05, 4.69) is 4.99 Å². The number of carbonyl (C=O) groups excluding carboxylic acids is 1. The Hall–Kier alpha value is -2.92.